The second-order valence-electron chi connectivity index (χ2n) is 6.94. The first-order valence-electron chi connectivity index (χ1n) is 9.18. The van der Waals surface area contributed by atoms with Gasteiger partial charge < -0.3 is 0 Å². The zero-order chi connectivity index (χ0) is 19.6. The molecule has 0 saturated carbocycles. The number of nitrogens with zero attached hydrogens (tertiary/aromatic N) is 2. The van der Waals surface area contributed by atoms with Gasteiger partial charge >= 0.3 is 0 Å². The lowest BCUT2D eigenvalue weighted by molar-refractivity contribution is 0.0677. The van der Waals surface area contributed by atoms with Crippen LogP contribution in [0.3, 0.4) is 0 Å². The number of aryl methyl sites for hydroxylation is 1. The van der Waals surface area contributed by atoms with Gasteiger partial charge in [-0.05, 0) is 44.9 Å². The van der Waals surface area contributed by atoms with Gasteiger partial charge in [-0.3, -0.25) is 19.5 Å². The van der Waals surface area contributed by atoms with E-state index in [0.29, 0.717) is 11.1 Å². The van der Waals surface area contributed by atoms with Crippen molar-refractivity contribution in [3.8, 4) is 0 Å². The summed E-state index contributed by atoms with van der Waals surface area (Å²) in [6.45, 7) is 8.27. The van der Waals surface area contributed by atoms with Gasteiger partial charge in [-0.2, -0.15) is 0 Å². The lowest BCUT2D eigenvalue weighted by Crippen LogP contribution is -2.34. The predicted molar refractivity (Wildman–Crippen MR) is 109 cm³/mol. The summed E-state index contributed by atoms with van der Waals surface area (Å²) in [6.07, 6.45) is 0.882. The molecule has 1 heterocycles. The Balaban J connectivity index is 1.89. The first-order chi connectivity index (χ1) is 12.9. The lowest BCUT2D eigenvalue weighted by atomic mass is 10.0. The second-order valence-corrected chi connectivity index (χ2v) is 6.94. The topological polar surface area (TPSA) is 49.7 Å². The van der Waals surface area contributed by atoms with Crippen LogP contribution in [-0.4, -0.2) is 29.0 Å². The Labute approximate surface area is 160 Å². The highest BCUT2D eigenvalue weighted by atomic mass is 16.2. The molecule has 0 bridgehead atoms. The fraction of sp³-hybridized carbons (Fsp3) is 0.261. The molecule has 0 aromatic heterocycles. The minimum atomic E-state index is -0.252. The van der Waals surface area contributed by atoms with Gasteiger partial charge in [0.2, 0.25) is 0 Å². The average molecular weight is 360 g/mol. The van der Waals surface area contributed by atoms with Crippen molar-refractivity contribution in [2.24, 2.45) is 4.99 Å². The first kappa shape index (κ1) is 18.8. The van der Waals surface area contributed by atoms with E-state index in [9.17, 15) is 9.59 Å². The Bertz CT molecular complexity index is 918. The molecule has 2 aromatic carbocycles. The maximum Gasteiger partial charge on any atom is 0.261 e. The van der Waals surface area contributed by atoms with Gasteiger partial charge in [0.25, 0.3) is 11.8 Å². The van der Waals surface area contributed by atoms with E-state index in [1.807, 2.05) is 6.92 Å². The zero-order valence-electron chi connectivity index (χ0n) is 16.2. The number of amides is 2. The van der Waals surface area contributed by atoms with Crippen molar-refractivity contribution in [3.05, 3.63) is 76.4 Å². The number of imide groups is 1. The van der Waals surface area contributed by atoms with Gasteiger partial charge in [0.15, 0.2) is 0 Å². The largest absolute Gasteiger partial charge is 0.269 e. The summed E-state index contributed by atoms with van der Waals surface area (Å²) in [5, 5.41) is 0. The van der Waals surface area contributed by atoms with E-state index in [0.717, 1.165) is 23.4 Å². The molecule has 2 amide bonds. The highest BCUT2D eigenvalue weighted by Gasteiger charge is 2.35. The van der Waals surface area contributed by atoms with Gasteiger partial charge in [0.05, 0.1) is 23.4 Å². The predicted octanol–water partition coefficient (Wildman–Crippen LogP) is 4.89. The maximum absolute atomic E-state index is 12.6. The molecule has 0 aliphatic carbocycles. The van der Waals surface area contributed by atoms with E-state index < -0.39 is 0 Å². The van der Waals surface area contributed by atoms with Crippen LogP contribution in [0.25, 0.3) is 5.70 Å². The number of benzene rings is 2. The zero-order valence-corrected chi connectivity index (χ0v) is 16.2. The number of carbonyl (C=O) groups excluding carboxylic acids is 2. The van der Waals surface area contributed by atoms with Crippen molar-refractivity contribution >= 4 is 23.2 Å². The van der Waals surface area contributed by atoms with E-state index in [4.69, 9.17) is 4.99 Å². The molecule has 0 spiro atoms. The molecule has 0 saturated heterocycles. The molecule has 0 N–H and O–H groups in total. The summed E-state index contributed by atoms with van der Waals surface area (Å²) in [7, 11) is 0. The standard InChI is InChI=1S/C23H24N2O2/c1-5-16(3)21(18-12-10-15(2)11-13-18)24-17(4)14-25-22(26)19-8-6-7-9-20(19)23(25)27/h6-13H,5,14H2,1-4H3/b21-16-,24-17?. The number of hydrogen-bond acceptors (Lipinski definition) is 3. The molecule has 0 atom stereocenters. The van der Waals surface area contributed by atoms with Crippen LogP contribution in [0.4, 0.5) is 0 Å². The molecule has 1 aliphatic heterocycles. The van der Waals surface area contributed by atoms with Crippen LogP contribution in [0.2, 0.25) is 0 Å². The third-order valence-corrected chi connectivity index (χ3v) is 4.83. The van der Waals surface area contributed by atoms with Crippen LogP contribution in [-0.2, 0) is 0 Å². The summed E-state index contributed by atoms with van der Waals surface area (Å²) in [4.78, 5) is 31.2. The average Bonchev–Trinajstić information content (AvgIpc) is 2.91. The van der Waals surface area contributed by atoms with Crippen LogP contribution in [0.1, 0.15) is 59.0 Å². The minimum absolute atomic E-state index is 0.193. The number of rotatable bonds is 5. The number of aliphatic imine (C=N–C) groups is 1. The summed E-state index contributed by atoms with van der Waals surface area (Å²) < 4.78 is 0. The van der Waals surface area contributed by atoms with E-state index >= 15 is 0 Å². The van der Waals surface area contributed by atoms with E-state index in [1.54, 1.807) is 24.3 Å². The first-order valence-corrected chi connectivity index (χ1v) is 9.18. The Hall–Kier alpha value is -3.01. The Morgan fingerprint density at radius 3 is 2.00 bits per heavy atom. The molecule has 27 heavy (non-hydrogen) atoms. The Kier molecular flexibility index (Phi) is 5.36. The van der Waals surface area contributed by atoms with Gasteiger partial charge in [-0.15, -0.1) is 0 Å². The highest BCUT2D eigenvalue weighted by Crippen LogP contribution is 2.25. The summed E-state index contributed by atoms with van der Waals surface area (Å²) in [6, 6.07) is 15.2. The lowest BCUT2D eigenvalue weighted by Gasteiger charge is -2.15. The molecule has 4 nitrogen and oxygen atoms in total. The van der Waals surface area contributed by atoms with E-state index in [2.05, 4.69) is 45.0 Å². The molecule has 4 heteroatoms. The number of carbonyl (C=O) groups is 2. The van der Waals surface area contributed by atoms with E-state index in [-0.39, 0.29) is 18.4 Å². The van der Waals surface area contributed by atoms with Crippen molar-refractivity contribution in [1.29, 1.82) is 0 Å². The number of hydrogen-bond donors (Lipinski definition) is 0. The molecule has 138 valence electrons. The Morgan fingerprint density at radius 1 is 0.926 bits per heavy atom. The third-order valence-electron chi connectivity index (χ3n) is 4.83. The van der Waals surface area contributed by atoms with Crippen molar-refractivity contribution in [2.45, 2.75) is 34.1 Å². The summed E-state index contributed by atoms with van der Waals surface area (Å²) >= 11 is 0. The van der Waals surface area contributed by atoms with Crippen LogP contribution in [0.5, 0.6) is 0 Å². The van der Waals surface area contributed by atoms with Crippen molar-refractivity contribution < 1.29 is 9.59 Å². The molecule has 0 fully saturated rings. The third kappa shape index (κ3) is 3.75. The van der Waals surface area contributed by atoms with Gasteiger partial charge in [-0.25, -0.2) is 0 Å². The smallest absolute Gasteiger partial charge is 0.261 e. The minimum Gasteiger partial charge on any atom is -0.269 e. The molecular weight excluding hydrogens is 336 g/mol. The van der Waals surface area contributed by atoms with Gasteiger partial charge in [-0.1, -0.05) is 48.9 Å². The van der Waals surface area contributed by atoms with Crippen molar-refractivity contribution in [3.63, 3.8) is 0 Å². The normalized spacial score (nSPS) is 15.1. The van der Waals surface area contributed by atoms with Gasteiger partial charge in [0, 0.05) is 11.3 Å². The van der Waals surface area contributed by atoms with Crippen LogP contribution >= 0.6 is 0 Å². The SMILES string of the molecule is CC/C(C)=C(\N=C(C)CN1C(=O)c2ccccc2C1=O)c1ccc(C)cc1. The molecular formula is C23H24N2O2. The van der Waals surface area contributed by atoms with E-state index in [1.165, 1.54) is 16.0 Å². The maximum atomic E-state index is 12.6. The summed E-state index contributed by atoms with van der Waals surface area (Å²) in [5.74, 6) is -0.503. The quantitative estimate of drug-likeness (QED) is 0.563. The fourth-order valence-corrected chi connectivity index (χ4v) is 3.12. The van der Waals surface area contributed by atoms with Crippen molar-refractivity contribution in [2.75, 3.05) is 6.54 Å². The van der Waals surface area contributed by atoms with Crippen molar-refractivity contribution in [1.82, 2.24) is 4.90 Å². The molecule has 0 unspecified atom stereocenters. The van der Waals surface area contributed by atoms with Crippen LogP contribution in [0.15, 0.2) is 59.1 Å². The van der Waals surface area contributed by atoms with Crippen LogP contribution < -0.4 is 0 Å². The fourth-order valence-electron chi connectivity index (χ4n) is 3.12. The Morgan fingerprint density at radius 2 is 1.48 bits per heavy atom. The second kappa shape index (κ2) is 7.70. The van der Waals surface area contributed by atoms with Gasteiger partial charge in [0.1, 0.15) is 0 Å². The highest BCUT2D eigenvalue weighted by molar-refractivity contribution is 6.22. The van der Waals surface area contributed by atoms with Crippen LogP contribution in [0, 0.1) is 6.92 Å². The molecule has 0 radical (unpaired) electrons. The molecule has 1 aliphatic rings. The summed E-state index contributed by atoms with van der Waals surface area (Å²) in [5.41, 5.74) is 5.98. The molecule has 3 rings (SSSR count). The number of fused-ring (bicyclic) bond motifs is 1. The molecule has 2 aromatic rings. The monoisotopic (exact) mass is 360 g/mol. The number of allylic oxidation sites excluding steroid dienone is 1.